The van der Waals surface area contributed by atoms with Gasteiger partial charge in [0.2, 0.25) is 0 Å². The monoisotopic (exact) mass is 361 g/mol. The molecule has 0 radical (unpaired) electrons. The second-order valence-electron chi connectivity index (χ2n) is 6.46. The highest BCUT2D eigenvalue weighted by molar-refractivity contribution is 5.80. The zero-order chi connectivity index (χ0) is 18.9. The molecule has 0 unspecified atom stereocenters. The van der Waals surface area contributed by atoms with Crippen molar-refractivity contribution in [1.29, 1.82) is 0 Å². The van der Waals surface area contributed by atoms with Crippen molar-refractivity contribution in [2.45, 2.75) is 26.2 Å². The first-order valence-electron chi connectivity index (χ1n) is 8.10. The zero-order valence-corrected chi connectivity index (χ0v) is 14.4. The van der Waals surface area contributed by atoms with Gasteiger partial charge in [0.25, 0.3) is 0 Å². The number of fused-ring (bicyclic) bond motifs is 1. The molecule has 6 heteroatoms. The second kappa shape index (κ2) is 6.96. The SMILES string of the molecule is Cc1ccc2c(CN(C)Cc3ccc(C(F)(F)F)cc3)cc(=O)oc2c1. The Balaban J connectivity index is 1.79. The first kappa shape index (κ1) is 18.2. The minimum absolute atomic E-state index is 0.416. The molecule has 0 saturated carbocycles. The number of rotatable bonds is 4. The van der Waals surface area contributed by atoms with E-state index in [1.807, 2.05) is 37.1 Å². The van der Waals surface area contributed by atoms with E-state index in [0.29, 0.717) is 18.7 Å². The summed E-state index contributed by atoms with van der Waals surface area (Å²) in [5.41, 5.74) is 2.05. The van der Waals surface area contributed by atoms with E-state index in [9.17, 15) is 18.0 Å². The largest absolute Gasteiger partial charge is 0.423 e. The molecule has 1 aromatic heterocycles. The number of hydrogen-bond donors (Lipinski definition) is 0. The zero-order valence-electron chi connectivity index (χ0n) is 14.4. The fraction of sp³-hybridized carbons (Fsp3) is 0.250. The van der Waals surface area contributed by atoms with E-state index in [1.54, 1.807) is 0 Å². The summed E-state index contributed by atoms with van der Waals surface area (Å²) >= 11 is 0. The van der Waals surface area contributed by atoms with Crippen LogP contribution < -0.4 is 5.63 Å². The number of hydrogen-bond acceptors (Lipinski definition) is 3. The van der Waals surface area contributed by atoms with Gasteiger partial charge in [0.15, 0.2) is 0 Å². The molecule has 1 heterocycles. The van der Waals surface area contributed by atoms with Crippen molar-refractivity contribution < 1.29 is 17.6 Å². The first-order chi connectivity index (χ1) is 12.2. The standard InChI is InChI=1S/C20H18F3NO2/c1-13-3-8-17-15(10-19(25)26-18(17)9-13)12-24(2)11-14-4-6-16(7-5-14)20(21,22)23/h3-10H,11-12H2,1-2H3. The van der Waals surface area contributed by atoms with Gasteiger partial charge in [-0.25, -0.2) is 4.79 Å². The van der Waals surface area contributed by atoms with Crippen LogP contribution >= 0.6 is 0 Å². The van der Waals surface area contributed by atoms with E-state index in [0.717, 1.165) is 34.2 Å². The highest BCUT2D eigenvalue weighted by Crippen LogP contribution is 2.29. The maximum atomic E-state index is 12.6. The number of alkyl halides is 3. The maximum absolute atomic E-state index is 12.6. The van der Waals surface area contributed by atoms with Gasteiger partial charge in [-0.15, -0.1) is 0 Å². The van der Waals surface area contributed by atoms with Crippen LogP contribution in [0.2, 0.25) is 0 Å². The molecular formula is C20H18F3NO2. The van der Waals surface area contributed by atoms with Crippen molar-refractivity contribution in [3.8, 4) is 0 Å². The Labute approximate surface area is 148 Å². The number of benzene rings is 2. The van der Waals surface area contributed by atoms with Gasteiger partial charge in [-0.2, -0.15) is 13.2 Å². The van der Waals surface area contributed by atoms with Crippen LogP contribution in [0.1, 0.15) is 22.3 Å². The number of nitrogens with zero attached hydrogens (tertiary/aromatic N) is 1. The molecule has 3 nitrogen and oxygen atoms in total. The van der Waals surface area contributed by atoms with E-state index in [4.69, 9.17) is 4.42 Å². The summed E-state index contributed by atoms with van der Waals surface area (Å²) in [7, 11) is 1.85. The van der Waals surface area contributed by atoms with Gasteiger partial charge in [0.1, 0.15) is 5.58 Å². The molecule has 26 heavy (non-hydrogen) atoms. The van der Waals surface area contributed by atoms with Crippen molar-refractivity contribution in [3.63, 3.8) is 0 Å². The molecule has 3 aromatic rings. The van der Waals surface area contributed by atoms with Crippen LogP contribution in [-0.4, -0.2) is 11.9 Å². The van der Waals surface area contributed by atoms with Gasteiger partial charge < -0.3 is 4.42 Å². The summed E-state index contributed by atoms with van der Waals surface area (Å²) in [5, 5.41) is 0.856. The fourth-order valence-corrected chi connectivity index (χ4v) is 2.93. The van der Waals surface area contributed by atoms with E-state index >= 15 is 0 Å². The van der Waals surface area contributed by atoms with Gasteiger partial charge in [-0.3, -0.25) is 4.90 Å². The highest BCUT2D eigenvalue weighted by Gasteiger charge is 2.29. The van der Waals surface area contributed by atoms with Crippen LogP contribution in [0.25, 0.3) is 11.0 Å². The van der Waals surface area contributed by atoms with Crippen LogP contribution in [0.4, 0.5) is 13.2 Å². The Morgan fingerprint density at radius 2 is 1.69 bits per heavy atom. The molecule has 3 rings (SSSR count). The Morgan fingerprint density at radius 3 is 2.35 bits per heavy atom. The van der Waals surface area contributed by atoms with Crippen LogP contribution in [0.15, 0.2) is 57.7 Å². The lowest BCUT2D eigenvalue weighted by Crippen LogP contribution is -2.18. The minimum Gasteiger partial charge on any atom is -0.423 e. The lowest BCUT2D eigenvalue weighted by molar-refractivity contribution is -0.137. The fourth-order valence-electron chi connectivity index (χ4n) is 2.93. The van der Waals surface area contributed by atoms with E-state index in [2.05, 4.69) is 0 Å². The van der Waals surface area contributed by atoms with Crippen molar-refractivity contribution in [1.82, 2.24) is 4.90 Å². The molecule has 0 spiro atoms. The van der Waals surface area contributed by atoms with Crippen LogP contribution in [0, 0.1) is 6.92 Å². The highest BCUT2D eigenvalue weighted by atomic mass is 19.4. The third kappa shape index (κ3) is 4.14. The first-order valence-corrected chi connectivity index (χ1v) is 8.10. The summed E-state index contributed by atoms with van der Waals surface area (Å²) in [6.07, 6.45) is -4.33. The molecule has 0 bridgehead atoms. The summed E-state index contributed by atoms with van der Waals surface area (Å²) < 4.78 is 43.2. The molecule has 0 atom stereocenters. The number of halogens is 3. The van der Waals surface area contributed by atoms with Crippen LogP contribution in [0.3, 0.4) is 0 Å². The Kier molecular flexibility index (Phi) is 4.87. The Morgan fingerprint density at radius 1 is 1.00 bits per heavy atom. The predicted octanol–water partition coefficient (Wildman–Crippen LogP) is 4.75. The number of aryl methyl sites for hydroxylation is 1. The lowest BCUT2D eigenvalue weighted by atomic mass is 10.1. The maximum Gasteiger partial charge on any atom is 0.416 e. The van der Waals surface area contributed by atoms with Gasteiger partial charge >= 0.3 is 11.8 Å². The third-order valence-electron chi connectivity index (χ3n) is 4.16. The van der Waals surface area contributed by atoms with E-state index in [-0.39, 0.29) is 0 Å². The van der Waals surface area contributed by atoms with Crippen molar-refractivity contribution >= 4 is 11.0 Å². The molecule has 0 aliphatic rings. The van der Waals surface area contributed by atoms with Crippen molar-refractivity contribution in [3.05, 3.63) is 81.2 Å². The second-order valence-corrected chi connectivity index (χ2v) is 6.46. The average molecular weight is 361 g/mol. The van der Waals surface area contributed by atoms with Crippen molar-refractivity contribution in [2.24, 2.45) is 0 Å². The van der Waals surface area contributed by atoms with Gasteiger partial charge in [0.05, 0.1) is 5.56 Å². The van der Waals surface area contributed by atoms with Crippen molar-refractivity contribution in [2.75, 3.05) is 7.05 Å². The molecule has 0 amide bonds. The summed E-state index contributed by atoms with van der Waals surface area (Å²) in [6.45, 7) is 2.86. The van der Waals surface area contributed by atoms with Crippen LogP contribution in [0.5, 0.6) is 0 Å². The summed E-state index contributed by atoms with van der Waals surface area (Å²) in [5.74, 6) is 0. The van der Waals surface area contributed by atoms with Gasteiger partial charge in [0, 0.05) is 24.5 Å². The minimum atomic E-state index is -4.33. The van der Waals surface area contributed by atoms with Crippen LogP contribution in [-0.2, 0) is 19.3 Å². The normalized spacial score (nSPS) is 12.1. The molecule has 0 saturated heterocycles. The average Bonchev–Trinajstić information content (AvgIpc) is 2.53. The topological polar surface area (TPSA) is 33.5 Å². The molecule has 2 aromatic carbocycles. The molecule has 136 valence electrons. The summed E-state index contributed by atoms with van der Waals surface area (Å²) in [6, 6.07) is 12.2. The Hall–Kier alpha value is -2.60. The molecule has 0 aliphatic heterocycles. The lowest BCUT2D eigenvalue weighted by Gasteiger charge is -2.18. The quantitative estimate of drug-likeness (QED) is 0.629. The van der Waals surface area contributed by atoms with Gasteiger partial charge in [-0.05, 0) is 48.9 Å². The molecule has 0 aliphatic carbocycles. The molecule has 0 fully saturated rings. The van der Waals surface area contributed by atoms with E-state index in [1.165, 1.54) is 18.2 Å². The molecule has 0 N–H and O–H groups in total. The predicted molar refractivity (Wildman–Crippen MR) is 93.8 cm³/mol. The van der Waals surface area contributed by atoms with Gasteiger partial charge in [-0.1, -0.05) is 24.3 Å². The third-order valence-corrected chi connectivity index (χ3v) is 4.16. The smallest absolute Gasteiger partial charge is 0.416 e. The summed E-state index contributed by atoms with van der Waals surface area (Å²) in [4.78, 5) is 13.7. The molecular weight excluding hydrogens is 343 g/mol. The Bertz CT molecular complexity index is 975. The van der Waals surface area contributed by atoms with E-state index < -0.39 is 17.4 Å².